The van der Waals surface area contributed by atoms with E-state index < -0.39 is 10.9 Å². The monoisotopic (exact) mass is 328 g/mol. The van der Waals surface area contributed by atoms with E-state index in [1.54, 1.807) is 0 Å². The Labute approximate surface area is 113 Å². The minimum Gasteiger partial charge on any atom is -0.476 e. The minimum absolute atomic E-state index is 0.0205. The summed E-state index contributed by atoms with van der Waals surface area (Å²) in [4.78, 5) is 24.8. The fourth-order valence-electron chi connectivity index (χ4n) is 1.28. The number of nitro groups is 1. The van der Waals surface area contributed by atoms with E-state index in [9.17, 15) is 14.9 Å². The Morgan fingerprint density at radius 3 is 2.44 bits per heavy atom. The van der Waals surface area contributed by atoms with Crippen molar-refractivity contribution in [3.8, 4) is 10.6 Å². The Bertz CT molecular complexity index is 623. The van der Waals surface area contributed by atoms with E-state index >= 15 is 0 Å². The number of rotatable bonds is 3. The summed E-state index contributed by atoms with van der Waals surface area (Å²) in [5.41, 5.74) is 0.556. The fourth-order valence-corrected chi connectivity index (χ4v) is 2.79. The molecule has 0 atom stereocenters. The Hall–Kier alpha value is -1.80. The van der Waals surface area contributed by atoms with Crippen LogP contribution in [-0.4, -0.2) is 21.0 Å². The van der Waals surface area contributed by atoms with Gasteiger partial charge in [0.25, 0.3) is 5.69 Å². The largest absolute Gasteiger partial charge is 0.476 e. The van der Waals surface area contributed by atoms with E-state index in [2.05, 4.69) is 20.9 Å². The topological polar surface area (TPSA) is 93.3 Å². The van der Waals surface area contributed by atoms with E-state index in [1.165, 1.54) is 24.3 Å². The number of non-ortho nitro benzene ring substituents is 1. The summed E-state index contributed by atoms with van der Waals surface area (Å²) >= 11 is 4.28. The van der Waals surface area contributed by atoms with Gasteiger partial charge in [-0.15, -0.1) is 11.3 Å². The molecule has 0 bridgehead atoms. The van der Waals surface area contributed by atoms with Crippen molar-refractivity contribution in [3.63, 3.8) is 0 Å². The molecule has 0 aliphatic rings. The third kappa shape index (κ3) is 2.39. The number of hydrogen-bond donors (Lipinski definition) is 1. The number of aromatic nitrogens is 1. The Morgan fingerprint density at radius 1 is 1.39 bits per heavy atom. The van der Waals surface area contributed by atoms with Gasteiger partial charge in [-0.2, -0.15) is 0 Å². The molecule has 1 N–H and O–H groups in total. The van der Waals surface area contributed by atoms with Crippen LogP contribution in [0.2, 0.25) is 0 Å². The molecule has 0 amide bonds. The van der Waals surface area contributed by atoms with Gasteiger partial charge in [-0.1, -0.05) is 0 Å². The van der Waals surface area contributed by atoms with Gasteiger partial charge >= 0.3 is 5.97 Å². The van der Waals surface area contributed by atoms with Crippen LogP contribution in [0.25, 0.3) is 10.6 Å². The first-order valence-electron chi connectivity index (χ1n) is 4.63. The highest BCUT2D eigenvalue weighted by atomic mass is 79.9. The van der Waals surface area contributed by atoms with Crippen molar-refractivity contribution in [2.24, 2.45) is 0 Å². The van der Waals surface area contributed by atoms with E-state index in [-0.39, 0.29) is 11.4 Å². The number of halogens is 1. The number of aromatic carboxylic acids is 1. The highest BCUT2D eigenvalue weighted by Gasteiger charge is 2.16. The molecule has 1 heterocycles. The molecular weight excluding hydrogens is 324 g/mol. The van der Waals surface area contributed by atoms with Crippen molar-refractivity contribution < 1.29 is 14.8 Å². The number of hydrogen-bond acceptors (Lipinski definition) is 5. The summed E-state index contributed by atoms with van der Waals surface area (Å²) < 4.78 is 0.420. The maximum absolute atomic E-state index is 10.8. The van der Waals surface area contributed by atoms with Gasteiger partial charge in [0.05, 0.1) is 4.92 Å². The standard InChI is InChI=1S/C10H5BrN2O4S/c11-8-7(10(14)15)12-9(18-8)5-1-3-6(4-2-5)13(16)17/h1-4H,(H,14,15). The van der Waals surface area contributed by atoms with Gasteiger partial charge in [-0.3, -0.25) is 10.1 Å². The van der Waals surface area contributed by atoms with Crippen LogP contribution in [0.4, 0.5) is 5.69 Å². The molecule has 0 unspecified atom stereocenters. The molecule has 8 heteroatoms. The highest BCUT2D eigenvalue weighted by molar-refractivity contribution is 9.11. The number of thiazole rings is 1. The molecule has 1 aromatic carbocycles. The molecule has 0 aliphatic heterocycles. The summed E-state index contributed by atoms with van der Waals surface area (Å²) in [7, 11) is 0. The van der Waals surface area contributed by atoms with Crippen molar-refractivity contribution in [1.29, 1.82) is 0 Å². The Kier molecular flexibility index (Phi) is 3.39. The van der Waals surface area contributed by atoms with Gasteiger partial charge in [0.2, 0.25) is 0 Å². The fraction of sp³-hybridized carbons (Fsp3) is 0. The Morgan fingerprint density at radius 2 is 2.00 bits per heavy atom. The number of benzene rings is 1. The van der Waals surface area contributed by atoms with Gasteiger partial charge in [0, 0.05) is 17.7 Å². The van der Waals surface area contributed by atoms with Crippen LogP contribution in [-0.2, 0) is 0 Å². The van der Waals surface area contributed by atoms with Crippen LogP contribution >= 0.6 is 27.3 Å². The maximum Gasteiger partial charge on any atom is 0.356 e. The lowest BCUT2D eigenvalue weighted by atomic mass is 10.2. The highest BCUT2D eigenvalue weighted by Crippen LogP contribution is 2.32. The molecule has 0 spiro atoms. The lowest BCUT2D eigenvalue weighted by Crippen LogP contribution is -1.97. The summed E-state index contributed by atoms with van der Waals surface area (Å²) in [6, 6.07) is 5.78. The SMILES string of the molecule is O=C(O)c1nc(-c2ccc([N+](=O)[O-])cc2)sc1Br. The zero-order valence-corrected chi connectivity index (χ0v) is 11.1. The molecule has 0 radical (unpaired) electrons. The van der Waals surface area contributed by atoms with Gasteiger partial charge in [0.1, 0.15) is 8.79 Å². The summed E-state index contributed by atoms with van der Waals surface area (Å²) in [6.45, 7) is 0. The van der Waals surface area contributed by atoms with Gasteiger partial charge < -0.3 is 5.11 Å². The molecule has 6 nitrogen and oxygen atoms in total. The number of carboxylic acid groups (broad SMARTS) is 1. The van der Waals surface area contributed by atoms with Crippen LogP contribution in [0.15, 0.2) is 28.1 Å². The number of carbonyl (C=O) groups is 1. The van der Waals surface area contributed by atoms with Crippen molar-refractivity contribution in [2.45, 2.75) is 0 Å². The molecule has 0 aliphatic carbocycles. The van der Waals surface area contributed by atoms with Crippen molar-refractivity contribution in [2.75, 3.05) is 0 Å². The van der Waals surface area contributed by atoms with Crippen molar-refractivity contribution in [3.05, 3.63) is 43.9 Å². The predicted octanol–water partition coefficient (Wildman–Crippen LogP) is 3.18. The second-order valence-electron chi connectivity index (χ2n) is 3.25. The number of nitro benzene ring substituents is 1. The van der Waals surface area contributed by atoms with Gasteiger partial charge in [-0.25, -0.2) is 9.78 Å². The van der Waals surface area contributed by atoms with Crippen LogP contribution in [0, 0.1) is 10.1 Å². The van der Waals surface area contributed by atoms with E-state index in [1.807, 2.05) is 0 Å². The molecule has 92 valence electrons. The number of carboxylic acids is 1. The van der Waals surface area contributed by atoms with Crippen LogP contribution in [0.5, 0.6) is 0 Å². The summed E-state index contributed by atoms with van der Waals surface area (Å²) in [5, 5.41) is 19.9. The second kappa shape index (κ2) is 4.83. The molecule has 0 fully saturated rings. The van der Waals surface area contributed by atoms with E-state index in [0.717, 1.165) is 11.3 Å². The predicted molar refractivity (Wildman–Crippen MR) is 68.9 cm³/mol. The van der Waals surface area contributed by atoms with E-state index in [4.69, 9.17) is 5.11 Å². The zero-order valence-electron chi connectivity index (χ0n) is 8.66. The number of nitrogens with zero attached hydrogens (tertiary/aromatic N) is 2. The summed E-state index contributed by atoms with van der Waals surface area (Å²) in [6.07, 6.45) is 0. The smallest absolute Gasteiger partial charge is 0.356 e. The third-order valence-corrected chi connectivity index (χ3v) is 3.87. The average Bonchev–Trinajstić information content (AvgIpc) is 2.71. The van der Waals surface area contributed by atoms with Crippen molar-refractivity contribution in [1.82, 2.24) is 4.98 Å². The summed E-state index contributed by atoms with van der Waals surface area (Å²) in [5.74, 6) is -1.12. The first kappa shape index (κ1) is 12.7. The zero-order chi connectivity index (χ0) is 13.3. The van der Waals surface area contributed by atoms with Gasteiger partial charge in [0.15, 0.2) is 5.69 Å². The lowest BCUT2D eigenvalue weighted by molar-refractivity contribution is -0.384. The molecule has 18 heavy (non-hydrogen) atoms. The molecule has 1 aromatic heterocycles. The first-order valence-corrected chi connectivity index (χ1v) is 6.24. The van der Waals surface area contributed by atoms with Crippen LogP contribution < -0.4 is 0 Å². The normalized spacial score (nSPS) is 10.3. The van der Waals surface area contributed by atoms with Crippen LogP contribution in [0.3, 0.4) is 0 Å². The molecule has 2 aromatic rings. The lowest BCUT2D eigenvalue weighted by Gasteiger charge is -1.95. The average molecular weight is 329 g/mol. The molecule has 2 rings (SSSR count). The van der Waals surface area contributed by atoms with Gasteiger partial charge in [-0.05, 0) is 28.1 Å². The minimum atomic E-state index is -1.12. The van der Waals surface area contributed by atoms with Crippen molar-refractivity contribution >= 4 is 38.9 Å². The first-order chi connectivity index (χ1) is 8.49. The second-order valence-corrected chi connectivity index (χ2v) is 5.57. The Balaban J connectivity index is 2.40. The maximum atomic E-state index is 10.8. The van der Waals surface area contributed by atoms with E-state index in [0.29, 0.717) is 14.4 Å². The molecule has 0 saturated heterocycles. The molecule has 0 saturated carbocycles. The van der Waals surface area contributed by atoms with Crippen LogP contribution in [0.1, 0.15) is 10.5 Å². The molecular formula is C10H5BrN2O4S. The third-order valence-electron chi connectivity index (χ3n) is 2.11. The quantitative estimate of drug-likeness (QED) is 0.689.